The van der Waals surface area contributed by atoms with Crippen LogP contribution in [0.3, 0.4) is 0 Å². The third-order valence-electron chi connectivity index (χ3n) is 9.41. The SMILES string of the molecule is CCCCCCN(CCCNC(Cc1ccc2cc(CCCCN=C(N)NC(=O)c3nc(Cl)c(N)nc3N)ccc2c1)C(N)=O)CC(O)C(O)C(O)C(O)CO. The third kappa shape index (κ3) is 15.0. The lowest BCUT2D eigenvalue weighted by molar-refractivity contribution is -0.120. The summed E-state index contributed by atoms with van der Waals surface area (Å²) in [6.45, 7) is 3.55. The van der Waals surface area contributed by atoms with Gasteiger partial charge < -0.3 is 58.7 Å². The number of guanidine groups is 1. The van der Waals surface area contributed by atoms with Crippen LogP contribution in [-0.4, -0.2) is 128 Å². The number of anilines is 2. The molecule has 15 N–H and O–H groups in total. The van der Waals surface area contributed by atoms with Crippen molar-refractivity contribution in [1.82, 2.24) is 25.5 Å². The largest absolute Gasteiger partial charge is 0.394 e. The predicted molar refractivity (Wildman–Crippen MR) is 218 cm³/mol. The second-order valence-corrected chi connectivity index (χ2v) is 14.3. The maximum atomic E-state index is 12.4. The van der Waals surface area contributed by atoms with Crippen molar-refractivity contribution in [3.63, 3.8) is 0 Å². The van der Waals surface area contributed by atoms with Gasteiger partial charge >= 0.3 is 0 Å². The summed E-state index contributed by atoms with van der Waals surface area (Å²) in [5.74, 6) is -1.50. The van der Waals surface area contributed by atoms with Gasteiger partial charge in [-0.1, -0.05) is 74.2 Å². The summed E-state index contributed by atoms with van der Waals surface area (Å²) >= 11 is 5.84. The minimum Gasteiger partial charge on any atom is -0.394 e. The molecule has 0 aliphatic heterocycles. The topological polar surface area (TPSA) is 305 Å². The van der Waals surface area contributed by atoms with E-state index in [1.165, 1.54) is 0 Å². The minimum atomic E-state index is -1.68. The zero-order valence-electron chi connectivity index (χ0n) is 32.0. The lowest BCUT2D eigenvalue weighted by Crippen LogP contribution is -2.50. The first-order valence-corrected chi connectivity index (χ1v) is 19.4. The van der Waals surface area contributed by atoms with Gasteiger partial charge in [-0.05, 0) is 80.1 Å². The van der Waals surface area contributed by atoms with Crippen molar-refractivity contribution >= 4 is 51.8 Å². The molecule has 0 saturated carbocycles. The van der Waals surface area contributed by atoms with Crippen molar-refractivity contribution < 1.29 is 35.1 Å². The fraction of sp³-hybridized carbons (Fsp3) is 0.553. The highest BCUT2D eigenvalue weighted by Crippen LogP contribution is 2.21. The molecular formula is C38H59ClN10O7. The average molecular weight is 803 g/mol. The van der Waals surface area contributed by atoms with Gasteiger partial charge in [0.05, 0.1) is 18.8 Å². The molecule has 1 aromatic heterocycles. The summed E-state index contributed by atoms with van der Waals surface area (Å²) in [6.07, 6.45) is 1.27. The van der Waals surface area contributed by atoms with Gasteiger partial charge in [-0.3, -0.25) is 19.9 Å². The lowest BCUT2D eigenvalue weighted by Gasteiger charge is -2.30. The van der Waals surface area contributed by atoms with E-state index < -0.39 is 48.9 Å². The number of hydrogen-bond donors (Lipinski definition) is 11. The normalized spacial score (nSPS) is 14.8. The molecule has 0 saturated heterocycles. The van der Waals surface area contributed by atoms with Gasteiger partial charge in [-0.25, -0.2) is 9.97 Å². The van der Waals surface area contributed by atoms with Gasteiger partial charge in [-0.15, -0.1) is 0 Å². The van der Waals surface area contributed by atoms with E-state index in [1.54, 1.807) is 0 Å². The molecule has 3 aromatic rings. The maximum Gasteiger partial charge on any atom is 0.280 e. The zero-order valence-corrected chi connectivity index (χ0v) is 32.7. The number of hydrogen-bond acceptors (Lipinski definition) is 14. The summed E-state index contributed by atoms with van der Waals surface area (Å²) < 4.78 is 0. The summed E-state index contributed by atoms with van der Waals surface area (Å²) in [4.78, 5) is 38.6. The number of aromatic nitrogens is 2. The molecule has 5 atom stereocenters. The first-order valence-electron chi connectivity index (χ1n) is 19.0. The van der Waals surface area contributed by atoms with Crippen LogP contribution in [0.25, 0.3) is 10.8 Å². The molecule has 0 fully saturated rings. The molecule has 17 nitrogen and oxygen atoms in total. The Morgan fingerprint density at radius 2 is 1.52 bits per heavy atom. The number of nitrogens with two attached hydrogens (primary N) is 4. The van der Waals surface area contributed by atoms with Gasteiger partial charge in [0.15, 0.2) is 28.4 Å². The Hall–Kier alpha value is -4.20. The van der Waals surface area contributed by atoms with Crippen LogP contribution in [0.2, 0.25) is 5.15 Å². The number of rotatable bonds is 25. The van der Waals surface area contributed by atoms with E-state index in [4.69, 9.17) is 39.6 Å². The molecule has 0 bridgehead atoms. The van der Waals surface area contributed by atoms with Crippen LogP contribution < -0.4 is 33.6 Å². The first kappa shape index (κ1) is 46.2. The molecule has 0 aliphatic rings. The zero-order chi connectivity index (χ0) is 41.2. The van der Waals surface area contributed by atoms with E-state index in [2.05, 4.69) is 50.7 Å². The molecule has 56 heavy (non-hydrogen) atoms. The monoisotopic (exact) mass is 802 g/mol. The number of nitrogens with zero attached hydrogens (tertiary/aromatic N) is 4. The average Bonchev–Trinajstić information content (AvgIpc) is 3.17. The van der Waals surface area contributed by atoms with Gasteiger partial charge in [0, 0.05) is 13.1 Å². The van der Waals surface area contributed by atoms with Crippen LogP contribution in [0.1, 0.15) is 73.5 Å². The number of aliphatic imine (C=N–C) groups is 1. The number of carbonyl (C=O) groups excluding carboxylic acids is 2. The molecule has 3 rings (SSSR count). The van der Waals surface area contributed by atoms with E-state index in [9.17, 15) is 30.0 Å². The van der Waals surface area contributed by atoms with Crippen molar-refractivity contribution in [2.75, 3.05) is 50.8 Å². The number of halogens is 1. The van der Waals surface area contributed by atoms with E-state index >= 15 is 0 Å². The number of nitrogen functional groups attached to an aromatic ring is 2. The molecule has 0 aliphatic carbocycles. The number of unbranched alkanes of at least 4 members (excludes halogenated alkanes) is 4. The van der Waals surface area contributed by atoms with Crippen LogP contribution in [-0.2, 0) is 17.6 Å². The van der Waals surface area contributed by atoms with E-state index in [-0.39, 0.29) is 35.0 Å². The first-order chi connectivity index (χ1) is 26.7. The van der Waals surface area contributed by atoms with Crippen molar-refractivity contribution in [2.45, 2.75) is 95.2 Å². The highest BCUT2D eigenvalue weighted by atomic mass is 35.5. The van der Waals surface area contributed by atoms with Crippen LogP contribution >= 0.6 is 11.6 Å². The number of primary amides is 1. The number of aliphatic hydroxyl groups excluding tert-OH is 5. The molecule has 1 heterocycles. The second-order valence-electron chi connectivity index (χ2n) is 14.0. The lowest BCUT2D eigenvalue weighted by atomic mass is 9.98. The summed E-state index contributed by atoms with van der Waals surface area (Å²) in [7, 11) is 0. The maximum absolute atomic E-state index is 12.4. The summed E-state index contributed by atoms with van der Waals surface area (Å²) in [5, 5.41) is 57.3. The van der Waals surface area contributed by atoms with Crippen molar-refractivity contribution in [2.24, 2.45) is 16.5 Å². The number of fused-ring (bicyclic) bond motifs is 1. The highest BCUT2D eigenvalue weighted by Gasteiger charge is 2.31. The molecule has 18 heteroatoms. The quantitative estimate of drug-likeness (QED) is 0.0310. The van der Waals surface area contributed by atoms with Gasteiger partial charge in [0.2, 0.25) is 5.91 Å². The minimum absolute atomic E-state index is 0.0710. The molecular weight excluding hydrogens is 744 g/mol. The predicted octanol–water partition coefficient (Wildman–Crippen LogP) is 0.209. The fourth-order valence-corrected chi connectivity index (χ4v) is 6.30. The number of nitrogens with one attached hydrogen (secondary N) is 2. The Labute approximate surface area is 332 Å². The van der Waals surface area contributed by atoms with Crippen LogP contribution in [0.5, 0.6) is 0 Å². The Balaban J connectivity index is 1.47. The number of benzene rings is 2. The Bertz CT molecular complexity index is 1740. The third-order valence-corrected chi connectivity index (χ3v) is 9.69. The van der Waals surface area contributed by atoms with Crippen LogP contribution in [0.4, 0.5) is 11.6 Å². The Morgan fingerprint density at radius 1 is 0.857 bits per heavy atom. The number of carbonyl (C=O) groups is 2. The van der Waals surface area contributed by atoms with Crippen LogP contribution in [0.15, 0.2) is 41.4 Å². The summed E-state index contributed by atoms with van der Waals surface area (Å²) in [6, 6.07) is 11.7. The fourth-order valence-electron chi connectivity index (χ4n) is 6.17. The van der Waals surface area contributed by atoms with E-state index in [0.717, 1.165) is 66.8 Å². The standard InChI is InChI=1S/C38H59ClN10O7/c1-2-3-4-7-16-49(21-28(51)31(53)32(54)29(52)22-50)17-8-15-44-27(36(42)55)20-24-11-13-25-18-23(10-12-26(25)19-24)9-5-6-14-45-38(43)48-37(56)30-34(40)47-35(41)33(39)46-30/h10-13,18-19,27-29,31-32,44,50-54H,2-9,14-17,20-22H2,1H3,(H2,42,55)(H4,40,41,47)(H3,43,45,48,56). The molecule has 310 valence electrons. The Morgan fingerprint density at radius 3 is 2.20 bits per heavy atom. The van der Waals surface area contributed by atoms with E-state index in [0.29, 0.717) is 39.0 Å². The summed E-state index contributed by atoms with van der Waals surface area (Å²) in [5.41, 5.74) is 24.8. The van der Waals surface area contributed by atoms with Gasteiger partial charge in [0.25, 0.3) is 5.91 Å². The number of aryl methyl sites for hydroxylation is 1. The molecule has 2 aromatic carbocycles. The smallest absolute Gasteiger partial charge is 0.280 e. The Kier molecular flexibility index (Phi) is 19.6. The van der Waals surface area contributed by atoms with E-state index in [1.807, 2.05) is 23.1 Å². The number of amides is 2. The highest BCUT2D eigenvalue weighted by molar-refractivity contribution is 6.31. The van der Waals surface area contributed by atoms with Gasteiger partial charge in [-0.2, -0.15) is 0 Å². The van der Waals surface area contributed by atoms with Crippen LogP contribution in [0, 0.1) is 0 Å². The van der Waals surface area contributed by atoms with Gasteiger partial charge in [0.1, 0.15) is 18.3 Å². The molecule has 5 unspecified atom stereocenters. The van der Waals surface area contributed by atoms with Crippen molar-refractivity contribution in [3.05, 3.63) is 58.4 Å². The number of aliphatic hydroxyl groups is 5. The second kappa shape index (κ2) is 23.8. The van der Waals surface area contributed by atoms with Crippen molar-refractivity contribution in [3.8, 4) is 0 Å². The molecule has 2 amide bonds. The molecule has 0 radical (unpaired) electrons. The molecule has 0 spiro atoms. The van der Waals surface area contributed by atoms with Crippen molar-refractivity contribution in [1.29, 1.82) is 0 Å².